The number of ether oxygens (including phenoxy) is 1. The van der Waals surface area contributed by atoms with Gasteiger partial charge in [-0.1, -0.05) is 30.3 Å². The average Bonchev–Trinajstić information content (AvgIpc) is 2.41. The van der Waals surface area contributed by atoms with E-state index >= 15 is 0 Å². The summed E-state index contributed by atoms with van der Waals surface area (Å²) in [7, 11) is 1.71. The summed E-state index contributed by atoms with van der Waals surface area (Å²) in [6.07, 6.45) is 2.64. The van der Waals surface area contributed by atoms with Gasteiger partial charge in [-0.25, -0.2) is 4.79 Å². The second kappa shape index (κ2) is 8.53. The zero-order valence-corrected chi connectivity index (χ0v) is 10.8. The Kier molecular flexibility index (Phi) is 6.87. The first-order chi connectivity index (χ1) is 8.74. The molecule has 0 unspecified atom stereocenters. The van der Waals surface area contributed by atoms with E-state index in [-0.39, 0.29) is 19.3 Å². The zero-order chi connectivity index (χ0) is 13.2. The van der Waals surface area contributed by atoms with Crippen LogP contribution in [0.15, 0.2) is 30.3 Å². The normalized spacial score (nSPS) is 10.1. The molecule has 0 bridgehead atoms. The fourth-order valence-corrected chi connectivity index (χ4v) is 1.66. The van der Waals surface area contributed by atoms with Crippen LogP contribution in [0.5, 0.6) is 0 Å². The lowest BCUT2D eigenvalue weighted by Crippen LogP contribution is -2.29. The lowest BCUT2D eigenvalue weighted by molar-refractivity contribution is 0.0906. The Labute approximate surface area is 108 Å². The minimum Gasteiger partial charge on any atom is -0.447 e. The van der Waals surface area contributed by atoms with Gasteiger partial charge >= 0.3 is 6.09 Å². The fourth-order valence-electron chi connectivity index (χ4n) is 1.66. The molecule has 0 saturated carbocycles. The molecule has 1 amide bonds. The Morgan fingerprint density at radius 1 is 1.28 bits per heavy atom. The Morgan fingerprint density at radius 3 is 2.67 bits per heavy atom. The van der Waals surface area contributed by atoms with Gasteiger partial charge in [-0.05, 0) is 24.8 Å². The molecule has 0 radical (unpaired) electrons. The first-order valence-electron chi connectivity index (χ1n) is 6.26. The summed E-state index contributed by atoms with van der Waals surface area (Å²) in [4.78, 5) is 12.9. The molecule has 0 saturated heterocycles. The van der Waals surface area contributed by atoms with E-state index in [1.807, 2.05) is 18.2 Å². The summed E-state index contributed by atoms with van der Waals surface area (Å²) in [6.45, 7) is 0.609. The first kappa shape index (κ1) is 14.5. The van der Waals surface area contributed by atoms with E-state index in [0.717, 1.165) is 19.3 Å². The molecule has 1 aromatic rings. The van der Waals surface area contributed by atoms with Crippen LogP contribution in [0.4, 0.5) is 4.79 Å². The van der Waals surface area contributed by atoms with Crippen molar-refractivity contribution in [3.63, 3.8) is 0 Å². The molecular formula is C14H21NO3. The Bertz CT molecular complexity index is 340. The number of aliphatic hydroxyl groups excluding tert-OH is 1. The van der Waals surface area contributed by atoms with Crippen molar-refractivity contribution in [2.75, 3.05) is 26.8 Å². The van der Waals surface area contributed by atoms with Crippen molar-refractivity contribution in [3.8, 4) is 0 Å². The van der Waals surface area contributed by atoms with Crippen molar-refractivity contribution >= 4 is 6.09 Å². The van der Waals surface area contributed by atoms with Gasteiger partial charge in [0.1, 0.15) is 6.61 Å². The number of aryl methyl sites for hydroxylation is 1. The van der Waals surface area contributed by atoms with E-state index in [1.54, 1.807) is 11.9 Å². The number of hydrogen-bond donors (Lipinski definition) is 1. The number of carbonyl (C=O) groups is 1. The third-order valence-electron chi connectivity index (χ3n) is 2.68. The number of amides is 1. The van der Waals surface area contributed by atoms with E-state index < -0.39 is 0 Å². The topological polar surface area (TPSA) is 49.8 Å². The van der Waals surface area contributed by atoms with Gasteiger partial charge in [0.2, 0.25) is 0 Å². The lowest BCUT2D eigenvalue weighted by atomic mass is 10.1. The maximum absolute atomic E-state index is 11.4. The summed E-state index contributed by atoms with van der Waals surface area (Å²) >= 11 is 0. The van der Waals surface area contributed by atoms with E-state index in [9.17, 15) is 4.79 Å². The van der Waals surface area contributed by atoms with Gasteiger partial charge in [0.15, 0.2) is 0 Å². The number of unbranched alkanes of at least 4 members (excludes halogenated alkanes) is 1. The second-order valence-corrected chi connectivity index (χ2v) is 4.20. The molecule has 0 heterocycles. The highest BCUT2D eigenvalue weighted by Crippen LogP contribution is 2.05. The van der Waals surface area contributed by atoms with E-state index in [4.69, 9.17) is 9.84 Å². The van der Waals surface area contributed by atoms with Crippen LogP contribution in [0, 0.1) is 0 Å². The van der Waals surface area contributed by atoms with Crippen molar-refractivity contribution in [3.05, 3.63) is 35.9 Å². The van der Waals surface area contributed by atoms with Crippen LogP contribution in [0.2, 0.25) is 0 Å². The molecule has 0 aliphatic heterocycles. The molecule has 0 atom stereocenters. The number of carbonyl (C=O) groups excluding carboxylic acids is 1. The van der Waals surface area contributed by atoms with Crippen LogP contribution in [-0.2, 0) is 11.2 Å². The first-order valence-corrected chi connectivity index (χ1v) is 6.26. The predicted octanol–water partition coefficient (Wildman–Crippen LogP) is 2.07. The molecule has 0 aliphatic rings. The van der Waals surface area contributed by atoms with Gasteiger partial charge in [0.05, 0.1) is 6.61 Å². The minimum atomic E-state index is -0.372. The molecule has 1 N–H and O–H groups in total. The van der Waals surface area contributed by atoms with Crippen molar-refractivity contribution < 1.29 is 14.6 Å². The predicted molar refractivity (Wildman–Crippen MR) is 70.4 cm³/mol. The average molecular weight is 251 g/mol. The van der Waals surface area contributed by atoms with Crippen LogP contribution in [0.25, 0.3) is 0 Å². The standard InChI is InChI=1S/C14H21NO3/c1-15(14(17)18-12-11-16)10-6-5-9-13-7-3-2-4-8-13/h2-4,7-8,16H,5-6,9-12H2,1H3. The quantitative estimate of drug-likeness (QED) is 0.755. The summed E-state index contributed by atoms with van der Waals surface area (Å²) in [6, 6.07) is 10.3. The highest BCUT2D eigenvalue weighted by molar-refractivity contribution is 5.67. The minimum absolute atomic E-state index is 0.0627. The summed E-state index contributed by atoms with van der Waals surface area (Å²) in [5.41, 5.74) is 1.32. The fraction of sp³-hybridized carbons (Fsp3) is 0.500. The van der Waals surface area contributed by atoms with Crippen molar-refractivity contribution in [1.29, 1.82) is 0 Å². The molecular weight excluding hydrogens is 230 g/mol. The van der Waals surface area contributed by atoms with Crippen molar-refractivity contribution in [2.45, 2.75) is 19.3 Å². The van der Waals surface area contributed by atoms with Crippen LogP contribution < -0.4 is 0 Å². The zero-order valence-electron chi connectivity index (χ0n) is 10.8. The summed E-state index contributed by atoms with van der Waals surface area (Å²) in [5, 5.41) is 8.54. The van der Waals surface area contributed by atoms with Crippen LogP contribution in [0.3, 0.4) is 0 Å². The summed E-state index contributed by atoms with van der Waals surface area (Å²) in [5.74, 6) is 0. The number of hydrogen-bond acceptors (Lipinski definition) is 3. The van der Waals surface area contributed by atoms with Gasteiger partial charge in [-0.3, -0.25) is 0 Å². The largest absolute Gasteiger partial charge is 0.447 e. The maximum atomic E-state index is 11.4. The lowest BCUT2D eigenvalue weighted by Gasteiger charge is -2.16. The van der Waals surface area contributed by atoms with Crippen LogP contribution >= 0.6 is 0 Å². The monoisotopic (exact) mass is 251 g/mol. The van der Waals surface area contributed by atoms with E-state index in [2.05, 4.69) is 12.1 Å². The molecule has 4 nitrogen and oxygen atoms in total. The third kappa shape index (κ3) is 5.68. The van der Waals surface area contributed by atoms with Crippen molar-refractivity contribution in [1.82, 2.24) is 4.90 Å². The highest BCUT2D eigenvalue weighted by atomic mass is 16.6. The molecule has 18 heavy (non-hydrogen) atoms. The Balaban J connectivity index is 2.12. The van der Waals surface area contributed by atoms with Crippen molar-refractivity contribution in [2.24, 2.45) is 0 Å². The highest BCUT2D eigenvalue weighted by Gasteiger charge is 2.08. The van der Waals surface area contributed by atoms with E-state index in [0.29, 0.717) is 6.54 Å². The second-order valence-electron chi connectivity index (χ2n) is 4.20. The smallest absolute Gasteiger partial charge is 0.409 e. The van der Waals surface area contributed by atoms with Gasteiger partial charge in [-0.2, -0.15) is 0 Å². The van der Waals surface area contributed by atoms with E-state index in [1.165, 1.54) is 5.56 Å². The van der Waals surface area contributed by atoms with Crippen LogP contribution in [0.1, 0.15) is 18.4 Å². The Morgan fingerprint density at radius 2 is 2.00 bits per heavy atom. The van der Waals surface area contributed by atoms with Crippen LogP contribution in [-0.4, -0.2) is 42.9 Å². The molecule has 100 valence electrons. The Hall–Kier alpha value is -1.55. The van der Waals surface area contributed by atoms with Gasteiger partial charge in [-0.15, -0.1) is 0 Å². The number of rotatable bonds is 7. The molecule has 0 aromatic heterocycles. The maximum Gasteiger partial charge on any atom is 0.409 e. The molecule has 4 heteroatoms. The SMILES string of the molecule is CN(CCCCc1ccccc1)C(=O)OCCO. The number of aliphatic hydroxyl groups is 1. The third-order valence-corrected chi connectivity index (χ3v) is 2.68. The molecule has 1 aromatic carbocycles. The molecule has 0 spiro atoms. The van der Waals surface area contributed by atoms with Gasteiger partial charge < -0.3 is 14.7 Å². The number of nitrogens with zero attached hydrogens (tertiary/aromatic N) is 1. The molecule has 0 fully saturated rings. The van der Waals surface area contributed by atoms with Gasteiger partial charge in [0, 0.05) is 13.6 Å². The number of benzene rings is 1. The molecule has 1 rings (SSSR count). The van der Waals surface area contributed by atoms with Gasteiger partial charge in [0.25, 0.3) is 0 Å². The summed E-state index contributed by atoms with van der Waals surface area (Å²) < 4.78 is 4.81. The molecule has 0 aliphatic carbocycles.